The van der Waals surface area contributed by atoms with Crippen molar-refractivity contribution in [3.05, 3.63) is 53.1 Å². The Morgan fingerprint density at radius 2 is 1.69 bits per heavy atom. The van der Waals surface area contributed by atoms with Crippen LogP contribution in [-0.2, 0) is 24.2 Å². The van der Waals surface area contributed by atoms with Crippen molar-refractivity contribution in [2.75, 3.05) is 13.2 Å². The highest BCUT2D eigenvalue weighted by molar-refractivity contribution is 5.80. The Labute approximate surface area is 173 Å². The molecule has 0 radical (unpaired) electrons. The number of hydrogen-bond acceptors (Lipinski definition) is 4. The van der Waals surface area contributed by atoms with E-state index in [0.29, 0.717) is 31.3 Å². The third-order valence-electron chi connectivity index (χ3n) is 5.08. The molecule has 0 spiro atoms. The fraction of sp³-hybridized carbons (Fsp3) is 0.458. The molecule has 1 amide bonds. The molecule has 1 aliphatic carbocycles. The second kappa shape index (κ2) is 10.2. The van der Waals surface area contributed by atoms with Crippen LogP contribution in [0.2, 0.25) is 0 Å². The number of aryl methyl sites for hydroxylation is 2. The van der Waals surface area contributed by atoms with Crippen molar-refractivity contribution in [2.45, 2.75) is 59.1 Å². The van der Waals surface area contributed by atoms with Crippen LogP contribution in [0, 0.1) is 0 Å². The molecule has 0 saturated heterocycles. The van der Waals surface area contributed by atoms with Gasteiger partial charge in [-0.2, -0.15) is 0 Å². The van der Waals surface area contributed by atoms with Crippen LogP contribution in [0.5, 0.6) is 17.2 Å². The smallest absolute Gasteiger partial charge is 0.261 e. The van der Waals surface area contributed by atoms with Crippen LogP contribution in [0.1, 0.15) is 50.3 Å². The quantitative estimate of drug-likeness (QED) is 0.679. The summed E-state index contributed by atoms with van der Waals surface area (Å²) in [6.45, 7) is 7.19. The topological polar surface area (TPSA) is 56.8 Å². The molecule has 0 aromatic heterocycles. The number of carbonyl (C=O) groups excluding carboxylic acids is 1. The molecule has 0 saturated carbocycles. The van der Waals surface area contributed by atoms with Gasteiger partial charge in [-0.15, -0.1) is 0 Å². The van der Waals surface area contributed by atoms with Gasteiger partial charge in [-0.1, -0.05) is 12.1 Å². The molecule has 0 bridgehead atoms. The monoisotopic (exact) mass is 397 g/mol. The van der Waals surface area contributed by atoms with Crippen LogP contribution in [0.4, 0.5) is 0 Å². The Morgan fingerprint density at radius 3 is 2.45 bits per heavy atom. The van der Waals surface area contributed by atoms with Gasteiger partial charge in [-0.3, -0.25) is 4.79 Å². The zero-order chi connectivity index (χ0) is 20.6. The molecule has 0 fully saturated rings. The summed E-state index contributed by atoms with van der Waals surface area (Å²) in [5, 5.41) is 2.94. The number of nitrogens with one attached hydrogen (secondary N) is 1. The van der Waals surface area contributed by atoms with Crippen molar-refractivity contribution in [3.8, 4) is 17.2 Å². The molecule has 5 nitrogen and oxygen atoms in total. The predicted octanol–water partition coefficient (Wildman–Crippen LogP) is 4.45. The van der Waals surface area contributed by atoms with Gasteiger partial charge in [-0.25, -0.2) is 0 Å². The maximum absolute atomic E-state index is 12.5. The Kier molecular flexibility index (Phi) is 7.39. The third kappa shape index (κ3) is 5.66. The first-order valence-corrected chi connectivity index (χ1v) is 10.6. The number of benzene rings is 2. The molecule has 1 N–H and O–H groups in total. The van der Waals surface area contributed by atoms with E-state index in [2.05, 4.69) is 17.4 Å². The average molecular weight is 398 g/mol. The van der Waals surface area contributed by atoms with E-state index < -0.39 is 6.10 Å². The van der Waals surface area contributed by atoms with E-state index in [1.807, 2.05) is 38.1 Å². The van der Waals surface area contributed by atoms with Crippen molar-refractivity contribution < 1.29 is 19.0 Å². The van der Waals surface area contributed by atoms with Crippen LogP contribution >= 0.6 is 0 Å². The van der Waals surface area contributed by atoms with Gasteiger partial charge >= 0.3 is 0 Å². The van der Waals surface area contributed by atoms with Gasteiger partial charge in [-0.05, 0) is 87.4 Å². The van der Waals surface area contributed by atoms with E-state index >= 15 is 0 Å². The number of fused-ring (bicyclic) bond motifs is 1. The van der Waals surface area contributed by atoms with Crippen LogP contribution in [0.25, 0.3) is 0 Å². The van der Waals surface area contributed by atoms with Crippen LogP contribution in [-0.4, -0.2) is 25.2 Å². The molecule has 3 rings (SSSR count). The van der Waals surface area contributed by atoms with Crippen molar-refractivity contribution in [2.24, 2.45) is 0 Å². The summed E-state index contributed by atoms with van der Waals surface area (Å²) in [6.07, 6.45) is 4.14. The van der Waals surface area contributed by atoms with Gasteiger partial charge in [0.15, 0.2) is 17.6 Å². The van der Waals surface area contributed by atoms with E-state index in [1.165, 1.54) is 24.0 Å². The summed E-state index contributed by atoms with van der Waals surface area (Å²) in [5.41, 5.74) is 3.70. The number of amides is 1. The van der Waals surface area contributed by atoms with Crippen molar-refractivity contribution in [1.29, 1.82) is 0 Å². The molecule has 1 aliphatic rings. The Hall–Kier alpha value is -2.69. The molecule has 5 heteroatoms. The molecule has 29 heavy (non-hydrogen) atoms. The van der Waals surface area contributed by atoms with E-state index in [1.54, 1.807) is 6.92 Å². The summed E-state index contributed by atoms with van der Waals surface area (Å²) in [5.74, 6) is 2.02. The van der Waals surface area contributed by atoms with Gasteiger partial charge in [0, 0.05) is 6.54 Å². The number of carbonyl (C=O) groups is 1. The first-order chi connectivity index (χ1) is 14.1. The second-order valence-corrected chi connectivity index (χ2v) is 7.26. The van der Waals surface area contributed by atoms with E-state index in [9.17, 15) is 4.79 Å². The first-order valence-electron chi connectivity index (χ1n) is 10.6. The highest BCUT2D eigenvalue weighted by atomic mass is 16.5. The number of rotatable bonds is 9. The number of ether oxygens (including phenoxy) is 3. The molecule has 0 heterocycles. The molecular weight excluding hydrogens is 366 g/mol. The van der Waals surface area contributed by atoms with Crippen molar-refractivity contribution >= 4 is 5.91 Å². The number of hydrogen-bond donors (Lipinski definition) is 1. The van der Waals surface area contributed by atoms with E-state index in [4.69, 9.17) is 14.2 Å². The minimum Gasteiger partial charge on any atom is -0.490 e. The zero-order valence-corrected chi connectivity index (χ0v) is 17.6. The maximum atomic E-state index is 12.5. The van der Waals surface area contributed by atoms with Gasteiger partial charge < -0.3 is 19.5 Å². The lowest BCUT2D eigenvalue weighted by Gasteiger charge is -2.19. The molecule has 0 aliphatic heterocycles. The van der Waals surface area contributed by atoms with Gasteiger partial charge in [0.1, 0.15) is 5.75 Å². The standard InChI is InChI=1S/C24H31NO4/c1-4-27-22-13-10-18(14-23(22)28-5-2)16-25-24(26)17(3)29-21-12-11-19-8-6-7-9-20(19)15-21/h10-15,17H,4-9,16H2,1-3H3,(H,25,26)/t17-/m0/s1. The summed E-state index contributed by atoms with van der Waals surface area (Å²) in [4.78, 5) is 12.5. The van der Waals surface area contributed by atoms with Crippen LogP contribution in [0.15, 0.2) is 36.4 Å². The Balaban J connectivity index is 1.56. The van der Waals surface area contributed by atoms with Crippen LogP contribution in [0.3, 0.4) is 0 Å². The summed E-state index contributed by atoms with van der Waals surface area (Å²) < 4.78 is 17.1. The summed E-state index contributed by atoms with van der Waals surface area (Å²) in [6, 6.07) is 11.9. The maximum Gasteiger partial charge on any atom is 0.261 e. The molecule has 1 atom stereocenters. The summed E-state index contributed by atoms with van der Waals surface area (Å²) >= 11 is 0. The molecule has 2 aromatic carbocycles. The lowest BCUT2D eigenvalue weighted by molar-refractivity contribution is -0.127. The fourth-order valence-corrected chi connectivity index (χ4v) is 3.58. The SMILES string of the molecule is CCOc1ccc(CNC(=O)[C@H](C)Oc2ccc3c(c2)CCCC3)cc1OCC. The van der Waals surface area contributed by atoms with Crippen molar-refractivity contribution in [1.82, 2.24) is 5.32 Å². The minimum absolute atomic E-state index is 0.144. The van der Waals surface area contributed by atoms with E-state index in [-0.39, 0.29) is 5.91 Å². The highest BCUT2D eigenvalue weighted by Gasteiger charge is 2.16. The van der Waals surface area contributed by atoms with Gasteiger partial charge in [0.05, 0.1) is 13.2 Å². The Morgan fingerprint density at radius 1 is 0.966 bits per heavy atom. The predicted molar refractivity (Wildman–Crippen MR) is 114 cm³/mol. The largest absolute Gasteiger partial charge is 0.490 e. The molecule has 0 unspecified atom stereocenters. The lowest BCUT2D eigenvalue weighted by atomic mass is 9.92. The van der Waals surface area contributed by atoms with E-state index in [0.717, 1.165) is 24.2 Å². The molecule has 156 valence electrons. The summed E-state index contributed by atoms with van der Waals surface area (Å²) in [7, 11) is 0. The van der Waals surface area contributed by atoms with Crippen molar-refractivity contribution in [3.63, 3.8) is 0 Å². The highest BCUT2D eigenvalue weighted by Crippen LogP contribution is 2.29. The molecule has 2 aromatic rings. The average Bonchev–Trinajstić information content (AvgIpc) is 2.73. The minimum atomic E-state index is -0.564. The lowest BCUT2D eigenvalue weighted by Crippen LogP contribution is -2.35. The third-order valence-corrected chi connectivity index (χ3v) is 5.08. The van der Waals surface area contributed by atoms with Gasteiger partial charge in [0.2, 0.25) is 0 Å². The normalized spacial score (nSPS) is 13.9. The second-order valence-electron chi connectivity index (χ2n) is 7.26. The van der Waals surface area contributed by atoms with Crippen LogP contribution < -0.4 is 19.5 Å². The first kappa shape index (κ1) is 21.0. The molecular formula is C24H31NO4. The fourth-order valence-electron chi connectivity index (χ4n) is 3.58. The zero-order valence-electron chi connectivity index (χ0n) is 17.6. The Bertz CT molecular complexity index is 834. The van der Waals surface area contributed by atoms with Gasteiger partial charge in [0.25, 0.3) is 5.91 Å².